The molecule has 0 fully saturated rings. The molecule has 3 heterocycles. The first kappa shape index (κ1) is 28.8. The van der Waals surface area contributed by atoms with Crippen molar-refractivity contribution in [1.29, 1.82) is 0 Å². The number of fused-ring (bicyclic) bond motifs is 9. The number of para-hydroxylation sites is 5. The maximum Gasteiger partial charge on any atom is 0.137 e. The Balaban J connectivity index is 1.22. The third kappa shape index (κ3) is 4.15. The molecule has 0 saturated heterocycles. The Morgan fingerprint density at radius 3 is 1.81 bits per heavy atom. The monoisotopic (exact) mass is 665 g/mol. The Bertz CT molecular complexity index is 3130. The second-order valence-electron chi connectivity index (χ2n) is 13.3. The van der Waals surface area contributed by atoms with Gasteiger partial charge in [-0.2, -0.15) is 0 Å². The van der Waals surface area contributed by atoms with E-state index in [2.05, 4.69) is 196 Å². The summed E-state index contributed by atoms with van der Waals surface area (Å²) < 4.78 is 11.2. The van der Waals surface area contributed by atoms with Crippen molar-refractivity contribution < 1.29 is 4.42 Å². The van der Waals surface area contributed by atoms with Crippen molar-refractivity contribution in [2.24, 2.45) is 0 Å². The molecule has 0 radical (unpaired) electrons. The molecule has 11 aromatic rings. The van der Waals surface area contributed by atoms with Crippen molar-refractivity contribution in [1.82, 2.24) is 9.13 Å². The lowest BCUT2D eigenvalue weighted by atomic mass is 10.1. The molecule has 0 N–H and O–H groups in total. The van der Waals surface area contributed by atoms with Crippen LogP contribution in [-0.4, -0.2) is 9.13 Å². The molecule has 0 atom stereocenters. The van der Waals surface area contributed by atoms with E-state index >= 15 is 0 Å². The predicted molar refractivity (Wildman–Crippen MR) is 217 cm³/mol. The van der Waals surface area contributed by atoms with Gasteiger partial charge in [0.2, 0.25) is 0 Å². The average molecular weight is 666 g/mol. The molecule has 11 rings (SSSR count). The van der Waals surface area contributed by atoms with Crippen LogP contribution in [0.15, 0.2) is 192 Å². The fourth-order valence-electron chi connectivity index (χ4n) is 8.35. The Labute approximate surface area is 299 Å². The third-order valence-corrected chi connectivity index (χ3v) is 10.5. The molecule has 3 aromatic heterocycles. The fourth-order valence-corrected chi connectivity index (χ4v) is 8.35. The largest absolute Gasteiger partial charge is 0.456 e. The number of aromatic nitrogens is 2. The summed E-state index contributed by atoms with van der Waals surface area (Å²) in [6, 6.07) is 67.2. The minimum atomic E-state index is 0.883. The standard InChI is InChI=1S/C48H31N3O/c1-3-15-32(16-4-1)49(34-29-30-36-35-19-7-10-22-39(35)50(44(36)31-34)33-17-5-2-6-18-33)41-24-13-25-42-47(41)37-20-8-11-23-40(37)51(42)43-26-14-28-46-48(43)38-21-9-12-27-45(38)52-46/h1-31H. The van der Waals surface area contributed by atoms with Gasteiger partial charge in [-0.1, -0.05) is 109 Å². The number of anilines is 3. The molecule has 4 nitrogen and oxygen atoms in total. The molecule has 4 heteroatoms. The van der Waals surface area contributed by atoms with Crippen LogP contribution in [0, 0.1) is 0 Å². The lowest BCUT2D eigenvalue weighted by molar-refractivity contribution is 0.669. The second-order valence-corrected chi connectivity index (χ2v) is 13.3. The second kappa shape index (κ2) is 11.2. The highest BCUT2D eigenvalue weighted by Gasteiger charge is 2.23. The van der Waals surface area contributed by atoms with E-state index in [0.717, 1.165) is 61.4 Å². The van der Waals surface area contributed by atoms with Crippen molar-refractivity contribution in [3.05, 3.63) is 188 Å². The van der Waals surface area contributed by atoms with Crippen LogP contribution >= 0.6 is 0 Å². The number of hydrogen-bond donors (Lipinski definition) is 0. The van der Waals surface area contributed by atoms with Gasteiger partial charge in [-0.25, -0.2) is 0 Å². The van der Waals surface area contributed by atoms with Crippen LogP contribution in [0.2, 0.25) is 0 Å². The molecular weight excluding hydrogens is 635 g/mol. The van der Waals surface area contributed by atoms with Gasteiger partial charge in [0.15, 0.2) is 0 Å². The number of furan rings is 1. The van der Waals surface area contributed by atoms with Crippen LogP contribution in [0.4, 0.5) is 17.1 Å². The topological polar surface area (TPSA) is 26.2 Å². The smallest absolute Gasteiger partial charge is 0.137 e. The van der Waals surface area contributed by atoms with Gasteiger partial charge in [0, 0.05) is 44.0 Å². The summed E-state index contributed by atoms with van der Waals surface area (Å²) in [7, 11) is 0. The lowest BCUT2D eigenvalue weighted by Gasteiger charge is -2.27. The normalized spacial score (nSPS) is 11.8. The van der Waals surface area contributed by atoms with Crippen molar-refractivity contribution in [2.75, 3.05) is 4.90 Å². The zero-order valence-corrected chi connectivity index (χ0v) is 28.1. The van der Waals surface area contributed by atoms with Crippen LogP contribution in [0.5, 0.6) is 0 Å². The minimum Gasteiger partial charge on any atom is -0.456 e. The number of rotatable bonds is 5. The van der Waals surface area contributed by atoms with Crippen LogP contribution in [0.3, 0.4) is 0 Å². The summed E-state index contributed by atoms with van der Waals surface area (Å²) in [6.07, 6.45) is 0. The quantitative estimate of drug-likeness (QED) is 0.183. The van der Waals surface area contributed by atoms with Gasteiger partial charge in [0.1, 0.15) is 11.2 Å². The Morgan fingerprint density at radius 2 is 0.981 bits per heavy atom. The third-order valence-electron chi connectivity index (χ3n) is 10.5. The molecule has 0 saturated carbocycles. The summed E-state index contributed by atoms with van der Waals surface area (Å²) in [5, 5.41) is 7.08. The van der Waals surface area contributed by atoms with E-state index < -0.39 is 0 Å². The minimum absolute atomic E-state index is 0.883. The van der Waals surface area contributed by atoms with Crippen LogP contribution in [-0.2, 0) is 0 Å². The van der Waals surface area contributed by atoms with Gasteiger partial charge in [0.25, 0.3) is 0 Å². The van der Waals surface area contributed by atoms with Gasteiger partial charge in [-0.05, 0) is 78.9 Å². The molecule has 0 amide bonds. The average Bonchev–Trinajstić information content (AvgIpc) is 3.87. The Morgan fingerprint density at radius 1 is 0.365 bits per heavy atom. The van der Waals surface area contributed by atoms with Gasteiger partial charge < -0.3 is 18.5 Å². The van der Waals surface area contributed by atoms with Gasteiger partial charge in [-0.3, -0.25) is 0 Å². The molecule has 0 aliphatic heterocycles. The van der Waals surface area contributed by atoms with E-state index in [9.17, 15) is 0 Å². The molecule has 0 bridgehead atoms. The van der Waals surface area contributed by atoms with E-state index in [0.29, 0.717) is 0 Å². The van der Waals surface area contributed by atoms with Crippen LogP contribution in [0.1, 0.15) is 0 Å². The Hall–Kier alpha value is -7.04. The van der Waals surface area contributed by atoms with Crippen LogP contribution in [0.25, 0.3) is 76.9 Å². The molecule has 244 valence electrons. The van der Waals surface area contributed by atoms with E-state index in [-0.39, 0.29) is 0 Å². The maximum atomic E-state index is 6.37. The first-order valence-corrected chi connectivity index (χ1v) is 17.7. The SMILES string of the molecule is c1ccc(N(c2ccc3c4ccccc4n(-c4ccccc4)c3c2)c2cccc3c2c2ccccc2n3-c2cccc3oc4ccccc4c23)cc1. The highest BCUT2D eigenvalue weighted by atomic mass is 16.3. The fraction of sp³-hybridized carbons (Fsp3) is 0. The van der Waals surface area contributed by atoms with Gasteiger partial charge >= 0.3 is 0 Å². The van der Waals surface area contributed by atoms with E-state index in [1.165, 1.54) is 32.6 Å². The summed E-state index contributed by atoms with van der Waals surface area (Å²) in [5.74, 6) is 0. The van der Waals surface area contributed by atoms with Gasteiger partial charge in [0.05, 0.1) is 38.8 Å². The van der Waals surface area contributed by atoms with Crippen molar-refractivity contribution in [3.63, 3.8) is 0 Å². The van der Waals surface area contributed by atoms with Crippen molar-refractivity contribution >= 4 is 82.6 Å². The van der Waals surface area contributed by atoms with Crippen LogP contribution < -0.4 is 4.90 Å². The summed E-state index contributed by atoms with van der Waals surface area (Å²) in [4.78, 5) is 2.42. The van der Waals surface area contributed by atoms with Crippen molar-refractivity contribution in [2.45, 2.75) is 0 Å². The highest BCUT2D eigenvalue weighted by molar-refractivity contribution is 6.19. The zero-order valence-electron chi connectivity index (χ0n) is 28.1. The van der Waals surface area contributed by atoms with Crippen molar-refractivity contribution in [3.8, 4) is 11.4 Å². The summed E-state index contributed by atoms with van der Waals surface area (Å²) in [6.45, 7) is 0. The maximum absolute atomic E-state index is 6.37. The van der Waals surface area contributed by atoms with E-state index in [1.54, 1.807) is 0 Å². The first-order valence-electron chi connectivity index (χ1n) is 17.7. The molecule has 0 spiro atoms. The molecule has 0 aliphatic rings. The summed E-state index contributed by atoms with van der Waals surface area (Å²) in [5.41, 5.74) is 12.0. The van der Waals surface area contributed by atoms with E-state index in [1.807, 2.05) is 6.07 Å². The van der Waals surface area contributed by atoms with E-state index in [4.69, 9.17) is 4.42 Å². The molecule has 0 aliphatic carbocycles. The molecular formula is C48H31N3O. The van der Waals surface area contributed by atoms with Gasteiger partial charge in [-0.15, -0.1) is 0 Å². The predicted octanol–water partition coefficient (Wildman–Crippen LogP) is 13.2. The summed E-state index contributed by atoms with van der Waals surface area (Å²) >= 11 is 0. The number of benzene rings is 8. The zero-order chi connectivity index (χ0) is 34.2. The first-order chi connectivity index (χ1) is 25.8. The lowest BCUT2D eigenvalue weighted by Crippen LogP contribution is -2.10. The molecule has 0 unspecified atom stereocenters. The highest BCUT2D eigenvalue weighted by Crippen LogP contribution is 2.46. The number of hydrogen-bond acceptors (Lipinski definition) is 2. The molecule has 8 aromatic carbocycles. The number of nitrogens with zero attached hydrogens (tertiary/aromatic N) is 3. The Kier molecular flexibility index (Phi) is 6.22. The molecule has 52 heavy (non-hydrogen) atoms.